The Labute approximate surface area is 144 Å². The highest BCUT2D eigenvalue weighted by atomic mass is 32.2. The van der Waals surface area contributed by atoms with Crippen LogP contribution in [0.5, 0.6) is 5.75 Å². The molecule has 2 aromatic rings. The summed E-state index contributed by atoms with van der Waals surface area (Å²) in [5.41, 5.74) is 2.10. The van der Waals surface area contributed by atoms with Gasteiger partial charge in [0.1, 0.15) is 12.4 Å². The monoisotopic (exact) mass is 348 g/mol. The number of ether oxygens (including phenoxy) is 1. The zero-order valence-electron chi connectivity index (χ0n) is 14.3. The fourth-order valence-electron chi connectivity index (χ4n) is 2.34. The van der Waals surface area contributed by atoms with Gasteiger partial charge in [0, 0.05) is 12.6 Å². The Hall–Kier alpha value is -1.89. The van der Waals surface area contributed by atoms with Crippen LogP contribution in [0, 0.1) is 6.92 Å². The van der Waals surface area contributed by atoms with Crippen molar-refractivity contribution in [1.29, 1.82) is 0 Å². The van der Waals surface area contributed by atoms with Gasteiger partial charge in [-0.1, -0.05) is 29.8 Å². The van der Waals surface area contributed by atoms with E-state index in [0.29, 0.717) is 13.2 Å². The van der Waals surface area contributed by atoms with Crippen molar-refractivity contribution in [2.24, 2.45) is 5.14 Å². The van der Waals surface area contributed by atoms with Crippen LogP contribution in [-0.4, -0.2) is 33.5 Å². The number of aryl methyl sites for hydroxylation is 1. The molecule has 0 radical (unpaired) electrons. The number of nitrogens with zero attached hydrogens (tertiary/aromatic N) is 1. The molecule has 2 aromatic carbocycles. The SMILES string of the molecule is Cc1ccc(OCCN(C)[C@@H](C)c2cccc(S(N)(=O)=O)c2)cc1. The summed E-state index contributed by atoms with van der Waals surface area (Å²) in [7, 11) is -1.71. The van der Waals surface area contributed by atoms with Crippen LogP contribution < -0.4 is 9.88 Å². The molecule has 6 heteroatoms. The molecule has 0 aliphatic rings. The number of hydrogen-bond donors (Lipinski definition) is 1. The molecule has 0 aliphatic carbocycles. The van der Waals surface area contributed by atoms with E-state index in [1.807, 2.05) is 51.2 Å². The Bertz CT molecular complexity index is 773. The number of hydrogen-bond acceptors (Lipinski definition) is 4. The lowest BCUT2D eigenvalue weighted by Crippen LogP contribution is -2.27. The van der Waals surface area contributed by atoms with Gasteiger partial charge in [0.25, 0.3) is 0 Å². The van der Waals surface area contributed by atoms with Crippen molar-refractivity contribution in [2.75, 3.05) is 20.2 Å². The van der Waals surface area contributed by atoms with Gasteiger partial charge in [0.15, 0.2) is 0 Å². The molecule has 0 heterocycles. The Morgan fingerprint density at radius 3 is 2.46 bits per heavy atom. The third-order valence-electron chi connectivity index (χ3n) is 4.06. The molecule has 2 N–H and O–H groups in total. The number of likely N-dealkylation sites (N-methyl/N-ethyl adjacent to an activating group) is 1. The van der Waals surface area contributed by atoms with Crippen LogP contribution >= 0.6 is 0 Å². The average Bonchev–Trinajstić information content (AvgIpc) is 2.55. The van der Waals surface area contributed by atoms with Gasteiger partial charge >= 0.3 is 0 Å². The van der Waals surface area contributed by atoms with Crippen molar-refractivity contribution in [1.82, 2.24) is 4.90 Å². The van der Waals surface area contributed by atoms with Crippen LogP contribution in [0.15, 0.2) is 53.4 Å². The van der Waals surface area contributed by atoms with E-state index in [1.165, 1.54) is 11.6 Å². The predicted octanol–water partition coefficient (Wildman–Crippen LogP) is 2.71. The third kappa shape index (κ3) is 5.06. The van der Waals surface area contributed by atoms with Gasteiger partial charge in [-0.25, -0.2) is 13.6 Å². The Morgan fingerprint density at radius 2 is 1.83 bits per heavy atom. The quantitative estimate of drug-likeness (QED) is 0.835. The van der Waals surface area contributed by atoms with Gasteiger partial charge in [-0.3, -0.25) is 4.90 Å². The fourth-order valence-corrected chi connectivity index (χ4v) is 2.91. The van der Waals surface area contributed by atoms with Crippen molar-refractivity contribution in [2.45, 2.75) is 24.8 Å². The molecule has 0 spiro atoms. The fraction of sp³-hybridized carbons (Fsp3) is 0.333. The molecular weight excluding hydrogens is 324 g/mol. The minimum absolute atomic E-state index is 0.0494. The molecule has 0 amide bonds. The second-order valence-electron chi connectivity index (χ2n) is 5.94. The minimum atomic E-state index is -3.68. The molecule has 0 saturated carbocycles. The Balaban J connectivity index is 1.94. The molecule has 2 rings (SSSR count). The van der Waals surface area contributed by atoms with Gasteiger partial charge in [-0.15, -0.1) is 0 Å². The number of benzene rings is 2. The van der Waals surface area contributed by atoms with E-state index >= 15 is 0 Å². The summed E-state index contributed by atoms with van der Waals surface area (Å²) in [5, 5.41) is 5.20. The summed E-state index contributed by atoms with van der Waals surface area (Å²) in [5.74, 6) is 0.845. The summed E-state index contributed by atoms with van der Waals surface area (Å²) in [6.45, 7) is 5.33. The van der Waals surface area contributed by atoms with Crippen LogP contribution in [-0.2, 0) is 10.0 Å². The van der Waals surface area contributed by atoms with Crippen molar-refractivity contribution < 1.29 is 13.2 Å². The van der Waals surface area contributed by atoms with Crippen LogP contribution in [0.25, 0.3) is 0 Å². The van der Waals surface area contributed by atoms with Crippen molar-refractivity contribution in [3.8, 4) is 5.75 Å². The molecule has 0 fully saturated rings. The average molecular weight is 348 g/mol. The lowest BCUT2D eigenvalue weighted by molar-refractivity contribution is 0.201. The summed E-state index contributed by atoms with van der Waals surface area (Å²) >= 11 is 0. The van der Waals surface area contributed by atoms with Gasteiger partial charge in [0.05, 0.1) is 4.90 Å². The molecule has 130 valence electrons. The predicted molar refractivity (Wildman–Crippen MR) is 95.5 cm³/mol. The van der Waals surface area contributed by atoms with Crippen LogP contribution in [0.2, 0.25) is 0 Å². The topological polar surface area (TPSA) is 72.6 Å². The first kappa shape index (κ1) is 18.4. The smallest absolute Gasteiger partial charge is 0.238 e. The van der Waals surface area contributed by atoms with Crippen molar-refractivity contribution >= 4 is 10.0 Å². The van der Waals surface area contributed by atoms with E-state index < -0.39 is 10.0 Å². The van der Waals surface area contributed by atoms with Crippen LogP contribution in [0.1, 0.15) is 24.1 Å². The number of nitrogens with two attached hydrogens (primary N) is 1. The van der Waals surface area contributed by atoms with E-state index in [0.717, 1.165) is 11.3 Å². The highest BCUT2D eigenvalue weighted by molar-refractivity contribution is 7.89. The number of primary sulfonamides is 1. The van der Waals surface area contributed by atoms with Gasteiger partial charge in [-0.05, 0) is 50.7 Å². The molecule has 24 heavy (non-hydrogen) atoms. The zero-order chi connectivity index (χ0) is 17.7. The first-order valence-corrected chi connectivity index (χ1v) is 9.34. The van der Waals surface area contributed by atoms with Crippen LogP contribution in [0.3, 0.4) is 0 Å². The van der Waals surface area contributed by atoms with Gasteiger partial charge in [-0.2, -0.15) is 0 Å². The molecule has 0 aliphatic heterocycles. The molecule has 0 unspecified atom stereocenters. The summed E-state index contributed by atoms with van der Waals surface area (Å²) in [6, 6.07) is 14.7. The normalized spacial score (nSPS) is 13.0. The summed E-state index contributed by atoms with van der Waals surface area (Å²) in [4.78, 5) is 2.24. The van der Waals surface area contributed by atoms with E-state index in [-0.39, 0.29) is 10.9 Å². The maximum absolute atomic E-state index is 11.5. The highest BCUT2D eigenvalue weighted by Crippen LogP contribution is 2.21. The lowest BCUT2D eigenvalue weighted by Gasteiger charge is -2.25. The summed E-state index contributed by atoms with van der Waals surface area (Å²) in [6.07, 6.45) is 0. The van der Waals surface area contributed by atoms with Crippen molar-refractivity contribution in [3.05, 3.63) is 59.7 Å². The maximum atomic E-state index is 11.5. The van der Waals surface area contributed by atoms with Crippen molar-refractivity contribution in [3.63, 3.8) is 0 Å². The van der Waals surface area contributed by atoms with Crippen LogP contribution in [0.4, 0.5) is 0 Å². The van der Waals surface area contributed by atoms with E-state index in [9.17, 15) is 8.42 Å². The largest absolute Gasteiger partial charge is 0.492 e. The molecular formula is C18H24N2O3S. The standard InChI is InChI=1S/C18H24N2O3S/c1-14-7-9-17(10-8-14)23-12-11-20(3)15(2)16-5-4-6-18(13-16)24(19,21)22/h4-10,13,15H,11-12H2,1-3H3,(H2,19,21,22)/t15-/m0/s1. The zero-order valence-corrected chi connectivity index (χ0v) is 15.1. The molecule has 0 aromatic heterocycles. The van der Waals surface area contributed by atoms with Gasteiger partial charge < -0.3 is 4.74 Å². The second-order valence-corrected chi connectivity index (χ2v) is 7.50. The molecule has 0 bridgehead atoms. The first-order chi connectivity index (χ1) is 11.3. The lowest BCUT2D eigenvalue weighted by atomic mass is 10.1. The van der Waals surface area contributed by atoms with E-state index in [1.54, 1.807) is 12.1 Å². The maximum Gasteiger partial charge on any atom is 0.238 e. The molecule has 5 nitrogen and oxygen atoms in total. The number of rotatable bonds is 7. The second kappa shape index (κ2) is 7.79. The highest BCUT2D eigenvalue weighted by Gasteiger charge is 2.15. The number of sulfonamides is 1. The Kier molecular flexibility index (Phi) is 5.99. The molecule has 0 saturated heterocycles. The van der Waals surface area contributed by atoms with E-state index in [2.05, 4.69) is 4.90 Å². The molecule has 1 atom stereocenters. The first-order valence-electron chi connectivity index (χ1n) is 7.80. The van der Waals surface area contributed by atoms with Gasteiger partial charge in [0.2, 0.25) is 10.0 Å². The minimum Gasteiger partial charge on any atom is -0.492 e. The Morgan fingerprint density at radius 1 is 1.17 bits per heavy atom. The third-order valence-corrected chi connectivity index (χ3v) is 4.97. The summed E-state index contributed by atoms with van der Waals surface area (Å²) < 4.78 is 28.7. The van der Waals surface area contributed by atoms with E-state index in [4.69, 9.17) is 9.88 Å².